The van der Waals surface area contributed by atoms with Gasteiger partial charge in [0.25, 0.3) is 0 Å². The molecule has 4 rings (SSSR count). The number of amides is 1. The van der Waals surface area contributed by atoms with Crippen molar-refractivity contribution in [2.24, 2.45) is 0 Å². The topological polar surface area (TPSA) is 79.6 Å². The van der Waals surface area contributed by atoms with Gasteiger partial charge in [0.05, 0.1) is 18.0 Å². The molecule has 26 heavy (non-hydrogen) atoms. The highest BCUT2D eigenvalue weighted by atomic mass is 16.4. The van der Waals surface area contributed by atoms with Crippen LogP contribution in [-0.2, 0) is 0 Å². The predicted octanol–water partition coefficient (Wildman–Crippen LogP) is 2.24. The Kier molecular flexibility index (Phi) is 4.60. The fourth-order valence-corrected chi connectivity index (χ4v) is 4.64. The summed E-state index contributed by atoms with van der Waals surface area (Å²) in [6, 6.07) is 14.1. The number of hydrogen-bond donors (Lipinski definition) is 2. The number of carbonyl (C=O) groups is 1. The van der Waals surface area contributed by atoms with Crippen LogP contribution in [0.3, 0.4) is 0 Å². The third-order valence-corrected chi connectivity index (χ3v) is 6.28. The number of nitrogens with one attached hydrogen (secondary N) is 1. The molecule has 2 atom stereocenters. The summed E-state index contributed by atoms with van der Waals surface area (Å²) in [5.74, 6) is 0.648. The Labute approximate surface area is 154 Å². The number of hydrogen-bond acceptors (Lipinski definition) is 4. The van der Waals surface area contributed by atoms with Gasteiger partial charge in [0.1, 0.15) is 0 Å². The molecule has 138 valence electrons. The van der Waals surface area contributed by atoms with Crippen molar-refractivity contribution in [2.75, 3.05) is 26.2 Å². The van der Waals surface area contributed by atoms with Crippen molar-refractivity contribution in [2.45, 2.75) is 49.2 Å². The highest BCUT2D eigenvalue weighted by Gasteiger charge is 2.50. The summed E-state index contributed by atoms with van der Waals surface area (Å²) in [6.07, 6.45) is 2.89. The first-order valence-electron chi connectivity index (χ1n) is 9.52. The van der Waals surface area contributed by atoms with Crippen LogP contribution in [-0.4, -0.2) is 64.8 Å². The predicted molar refractivity (Wildman–Crippen MR) is 97.9 cm³/mol. The van der Waals surface area contributed by atoms with Crippen LogP contribution in [0.5, 0.6) is 0 Å². The molecular formula is C20H26N4O2. The average molecular weight is 354 g/mol. The van der Waals surface area contributed by atoms with Gasteiger partial charge in [-0.15, -0.1) is 0 Å². The third-order valence-electron chi connectivity index (χ3n) is 6.28. The Morgan fingerprint density at radius 3 is 2.58 bits per heavy atom. The number of likely N-dealkylation sites (tertiary alicyclic amines) is 2. The summed E-state index contributed by atoms with van der Waals surface area (Å²) in [5.41, 5.74) is 1.17. The molecule has 2 saturated heterocycles. The minimum atomic E-state index is -0.879. The van der Waals surface area contributed by atoms with Gasteiger partial charge in [-0.1, -0.05) is 30.3 Å². The van der Waals surface area contributed by atoms with E-state index in [2.05, 4.69) is 46.6 Å². The molecular weight excluding hydrogens is 328 g/mol. The molecule has 2 aliphatic heterocycles. The summed E-state index contributed by atoms with van der Waals surface area (Å²) < 4.78 is 0. The molecule has 3 fully saturated rings. The molecule has 2 heterocycles. The maximum absolute atomic E-state index is 11.1. The van der Waals surface area contributed by atoms with Crippen molar-refractivity contribution in [1.82, 2.24) is 15.1 Å². The standard InChI is InChI=1S/C20H26N4O2/c21-9-8-20(13-23(14-20)19(25)26)24-10-6-16(7-11-24)22-18-12-17(18)15-4-2-1-3-5-15/h1-5,16-18,22H,6-8,10-14H2,(H,25,26)/t17-,18+/m0/s1. The van der Waals surface area contributed by atoms with Crippen molar-refractivity contribution < 1.29 is 9.90 Å². The fraction of sp³-hybridized carbons (Fsp3) is 0.600. The number of rotatable bonds is 5. The van der Waals surface area contributed by atoms with E-state index in [4.69, 9.17) is 5.11 Å². The van der Waals surface area contributed by atoms with Gasteiger partial charge in [-0.3, -0.25) is 4.90 Å². The second kappa shape index (κ2) is 6.90. The summed E-state index contributed by atoms with van der Waals surface area (Å²) in [5, 5.41) is 22.1. The van der Waals surface area contributed by atoms with Crippen molar-refractivity contribution in [3.8, 4) is 6.07 Å². The van der Waals surface area contributed by atoms with Crippen LogP contribution in [0.25, 0.3) is 0 Å². The van der Waals surface area contributed by atoms with Crippen LogP contribution in [0.1, 0.15) is 37.2 Å². The molecule has 6 heteroatoms. The number of benzene rings is 1. The Morgan fingerprint density at radius 1 is 1.27 bits per heavy atom. The lowest BCUT2D eigenvalue weighted by Gasteiger charge is -2.55. The SMILES string of the molecule is N#CCC1(N2CCC(N[C@@H]3C[C@H]3c3ccccc3)CC2)CN(C(=O)O)C1. The van der Waals surface area contributed by atoms with E-state index >= 15 is 0 Å². The fourth-order valence-electron chi connectivity index (χ4n) is 4.64. The zero-order chi connectivity index (χ0) is 18.1. The maximum Gasteiger partial charge on any atom is 0.407 e. The lowest BCUT2D eigenvalue weighted by Crippen LogP contribution is -2.72. The highest BCUT2D eigenvalue weighted by Crippen LogP contribution is 2.41. The molecule has 6 nitrogen and oxygen atoms in total. The van der Waals surface area contributed by atoms with Crippen molar-refractivity contribution in [1.29, 1.82) is 5.26 Å². The summed E-state index contributed by atoms with van der Waals surface area (Å²) in [6.45, 7) is 2.81. The lowest BCUT2D eigenvalue weighted by molar-refractivity contribution is -0.0519. The first kappa shape index (κ1) is 17.3. The second-order valence-electron chi connectivity index (χ2n) is 7.99. The van der Waals surface area contributed by atoms with E-state index in [1.165, 1.54) is 16.9 Å². The van der Waals surface area contributed by atoms with Gasteiger partial charge >= 0.3 is 6.09 Å². The van der Waals surface area contributed by atoms with Crippen LogP contribution < -0.4 is 5.32 Å². The quantitative estimate of drug-likeness (QED) is 0.848. The second-order valence-corrected chi connectivity index (χ2v) is 7.99. The molecule has 1 aromatic carbocycles. The zero-order valence-electron chi connectivity index (χ0n) is 15.0. The van der Waals surface area contributed by atoms with Gasteiger partial charge in [0.15, 0.2) is 0 Å². The first-order valence-corrected chi connectivity index (χ1v) is 9.52. The van der Waals surface area contributed by atoms with E-state index in [0.717, 1.165) is 25.9 Å². The van der Waals surface area contributed by atoms with Gasteiger partial charge in [0, 0.05) is 44.2 Å². The van der Waals surface area contributed by atoms with Gasteiger partial charge in [0.2, 0.25) is 0 Å². The Bertz CT molecular complexity index is 688. The van der Waals surface area contributed by atoms with Gasteiger partial charge in [-0.2, -0.15) is 5.26 Å². The van der Waals surface area contributed by atoms with E-state index in [0.29, 0.717) is 37.5 Å². The molecule has 1 aliphatic carbocycles. The summed E-state index contributed by atoms with van der Waals surface area (Å²) in [7, 11) is 0. The van der Waals surface area contributed by atoms with Crippen molar-refractivity contribution >= 4 is 6.09 Å². The molecule has 3 aliphatic rings. The number of nitrogens with zero attached hydrogens (tertiary/aromatic N) is 3. The van der Waals surface area contributed by atoms with Gasteiger partial charge < -0.3 is 15.3 Å². The van der Waals surface area contributed by atoms with E-state index in [-0.39, 0.29) is 5.54 Å². The molecule has 0 spiro atoms. The third kappa shape index (κ3) is 3.29. The van der Waals surface area contributed by atoms with Crippen molar-refractivity contribution in [3.63, 3.8) is 0 Å². The summed E-state index contributed by atoms with van der Waals surface area (Å²) >= 11 is 0. The van der Waals surface area contributed by atoms with Crippen molar-refractivity contribution in [3.05, 3.63) is 35.9 Å². The molecule has 1 saturated carbocycles. The van der Waals surface area contributed by atoms with E-state index < -0.39 is 6.09 Å². The Morgan fingerprint density at radius 2 is 1.96 bits per heavy atom. The lowest BCUT2D eigenvalue weighted by atomic mass is 9.83. The van der Waals surface area contributed by atoms with Crippen LogP contribution in [0.4, 0.5) is 4.79 Å². The smallest absolute Gasteiger partial charge is 0.407 e. The molecule has 1 amide bonds. The maximum atomic E-state index is 11.1. The molecule has 0 radical (unpaired) electrons. The van der Waals surface area contributed by atoms with E-state index in [9.17, 15) is 10.1 Å². The normalized spacial score (nSPS) is 28.2. The minimum Gasteiger partial charge on any atom is -0.465 e. The Balaban J connectivity index is 1.27. The Hall–Kier alpha value is -2.10. The monoisotopic (exact) mass is 354 g/mol. The number of piperidine rings is 1. The molecule has 2 N–H and O–H groups in total. The van der Waals surface area contributed by atoms with Gasteiger partial charge in [-0.05, 0) is 24.8 Å². The van der Waals surface area contributed by atoms with Crippen LogP contribution in [0, 0.1) is 11.3 Å². The molecule has 0 unspecified atom stereocenters. The zero-order valence-corrected chi connectivity index (χ0v) is 15.0. The van der Waals surface area contributed by atoms with Crippen LogP contribution in [0.15, 0.2) is 30.3 Å². The highest BCUT2D eigenvalue weighted by molar-refractivity contribution is 5.66. The molecule has 0 aromatic heterocycles. The van der Waals surface area contributed by atoms with Crippen LogP contribution >= 0.6 is 0 Å². The van der Waals surface area contributed by atoms with E-state index in [1.54, 1.807) is 0 Å². The number of carboxylic acid groups (broad SMARTS) is 1. The molecule has 1 aromatic rings. The summed E-state index contributed by atoms with van der Waals surface area (Å²) in [4.78, 5) is 14.9. The number of nitriles is 1. The van der Waals surface area contributed by atoms with E-state index in [1.807, 2.05) is 0 Å². The molecule has 0 bridgehead atoms. The van der Waals surface area contributed by atoms with Gasteiger partial charge in [-0.25, -0.2) is 4.79 Å². The minimum absolute atomic E-state index is 0.260. The largest absolute Gasteiger partial charge is 0.465 e. The van der Waals surface area contributed by atoms with Crippen LogP contribution in [0.2, 0.25) is 0 Å². The first-order chi connectivity index (χ1) is 12.6. The average Bonchev–Trinajstić information content (AvgIpc) is 3.38.